The number of anilines is 1. The number of nitrogens with zero attached hydrogens (tertiary/aromatic N) is 2. The molecule has 3 heterocycles. The summed E-state index contributed by atoms with van der Waals surface area (Å²) in [6, 6.07) is 9.46. The molecule has 0 spiro atoms. The van der Waals surface area contributed by atoms with Crippen LogP contribution < -0.4 is 10.2 Å². The number of piperidine rings is 3. The van der Waals surface area contributed by atoms with Gasteiger partial charge in [0, 0.05) is 51.4 Å². The van der Waals surface area contributed by atoms with Crippen LogP contribution in [0.5, 0.6) is 0 Å². The van der Waals surface area contributed by atoms with Gasteiger partial charge in [0.15, 0.2) is 0 Å². The number of fused-ring (bicyclic) bond motifs is 3. The summed E-state index contributed by atoms with van der Waals surface area (Å²) in [6.07, 6.45) is 8.20. The van der Waals surface area contributed by atoms with E-state index in [2.05, 4.69) is 59.4 Å². The number of hydrogen-bond donors (Lipinski definition) is 1. The molecule has 3 heteroatoms. The lowest BCUT2D eigenvalue weighted by molar-refractivity contribution is 0.0227. The lowest BCUT2D eigenvalue weighted by atomic mass is 9.76. The maximum atomic E-state index is 5.65. The van der Waals surface area contributed by atoms with Crippen molar-refractivity contribution in [1.82, 2.24) is 10.2 Å². The van der Waals surface area contributed by atoms with Crippen LogP contribution in [0.2, 0.25) is 0 Å². The number of hydrogen-bond acceptors (Lipinski definition) is 3. The number of terminal acetylenes is 1. The number of nitrogens with one attached hydrogen (secondary N) is 1. The van der Waals surface area contributed by atoms with Crippen molar-refractivity contribution >= 4 is 5.69 Å². The molecule has 1 N–H and O–H groups in total. The average Bonchev–Trinajstić information content (AvgIpc) is 2.56. The molecule has 3 saturated heterocycles. The lowest BCUT2D eigenvalue weighted by Gasteiger charge is -2.48. The molecule has 3 nitrogen and oxygen atoms in total. The monoisotopic (exact) mass is 297 g/mol. The SMILES string of the molecule is C#C[C@H]1CN2CC[C@@H]1C[C@H]2CNCc1ccc(N(C)C)cc1. The summed E-state index contributed by atoms with van der Waals surface area (Å²) in [5.74, 6) is 4.23. The minimum absolute atomic E-state index is 0.489. The molecular formula is C19H27N3. The van der Waals surface area contributed by atoms with Crippen LogP contribution in [0.1, 0.15) is 18.4 Å². The smallest absolute Gasteiger partial charge is 0.0361 e. The average molecular weight is 297 g/mol. The van der Waals surface area contributed by atoms with Crippen molar-refractivity contribution in [3.63, 3.8) is 0 Å². The second-order valence-corrected chi connectivity index (χ2v) is 6.90. The highest BCUT2D eigenvalue weighted by atomic mass is 15.2. The van der Waals surface area contributed by atoms with Gasteiger partial charge in [0.05, 0.1) is 0 Å². The van der Waals surface area contributed by atoms with Crippen molar-refractivity contribution in [3.8, 4) is 12.3 Å². The minimum Gasteiger partial charge on any atom is -0.378 e. The van der Waals surface area contributed by atoms with Crippen LogP contribution in [0.25, 0.3) is 0 Å². The fraction of sp³-hybridized carbons (Fsp3) is 0.579. The standard InChI is InChI=1S/C19H27N3/c1-4-16-14-22-10-9-17(16)11-19(22)13-20-12-15-5-7-18(8-6-15)21(2)3/h1,5-8,16-17,19-20H,9-14H2,2-3H3/t16-,17+,19-/m0/s1. The summed E-state index contributed by atoms with van der Waals surface area (Å²) in [5.41, 5.74) is 2.60. The van der Waals surface area contributed by atoms with Crippen LogP contribution in [0.15, 0.2) is 24.3 Å². The highest BCUT2D eigenvalue weighted by molar-refractivity contribution is 5.45. The van der Waals surface area contributed by atoms with E-state index >= 15 is 0 Å². The number of benzene rings is 1. The molecular weight excluding hydrogens is 270 g/mol. The molecule has 3 aliphatic rings. The van der Waals surface area contributed by atoms with E-state index in [1.807, 2.05) is 0 Å². The van der Waals surface area contributed by atoms with Crippen LogP contribution in [-0.2, 0) is 6.54 Å². The molecule has 0 aliphatic carbocycles. The van der Waals surface area contributed by atoms with Gasteiger partial charge in [-0.3, -0.25) is 4.90 Å². The van der Waals surface area contributed by atoms with E-state index in [-0.39, 0.29) is 0 Å². The normalized spacial score (nSPS) is 30.0. The maximum absolute atomic E-state index is 5.65. The largest absolute Gasteiger partial charge is 0.378 e. The first-order chi connectivity index (χ1) is 10.7. The predicted molar refractivity (Wildman–Crippen MR) is 92.9 cm³/mol. The van der Waals surface area contributed by atoms with E-state index in [4.69, 9.17) is 6.42 Å². The molecule has 0 aromatic heterocycles. The van der Waals surface area contributed by atoms with Crippen molar-refractivity contribution in [1.29, 1.82) is 0 Å². The molecule has 1 aromatic carbocycles. The van der Waals surface area contributed by atoms with Crippen LogP contribution in [-0.4, -0.2) is 44.7 Å². The minimum atomic E-state index is 0.489. The van der Waals surface area contributed by atoms with E-state index in [1.165, 1.54) is 30.6 Å². The van der Waals surface area contributed by atoms with Crippen molar-refractivity contribution in [2.24, 2.45) is 11.8 Å². The summed E-state index contributed by atoms with van der Waals surface area (Å²) in [7, 11) is 4.15. The quantitative estimate of drug-likeness (QED) is 0.841. The zero-order valence-electron chi connectivity index (χ0n) is 13.8. The molecule has 0 saturated carbocycles. The van der Waals surface area contributed by atoms with Gasteiger partial charge in [-0.05, 0) is 43.0 Å². The van der Waals surface area contributed by atoms with Gasteiger partial charge in [-0.1, -0.05) is 12.1 Å². The van der Waals surface area contributed by atoms with Crippen molar-refractivity contribution < 1.29 is 0 Å². The van der Waals surface area contributed by atoms with Crippen molar-refractivity contribution in [2.45, 2.75) is 25.4 Å². The fourth-order valence-electron chi connectivity index (χ4n) is 3.83. The van der Waals surface area contributed by atoms with Crippen LogP contribution in [0.4, 0.5) is 5.69 Å². The molecule has 4 atom stereocenters. The molecule has 22 heavy (non-hydrogen) atoms. The van der Waals surface area contributed by atoms with Crippen molar-refractivity contribution in [3.05, 3.63) is 29.8 Å². The summed E-state index contributed by atoms with van der Waals surface area (Å²) in [4.78, 5) is 4.72. The number of rotatable bonds is 5. The Balaban J connectivity index is 1.47. The van der Waals surface area contributed by atoms with E-state index in [9.17, 15) is 0 Å². The first-order valence-corrected chi connectivity index (χ1v) is 8.34. The summed E-state index contributed by atoms with van der Waals surface area (Å²) in [6.45, 7) is 4.35. The summed E-state index contributed by atoms with van der Waals surface area (Å²) in [5, 5.41) is 3.63. The fourth-order valence-corrected chi connectivity index (χ4v) is 3.83. The third kappa shape index (κ3) is 3.29. The first-order valence-electron chi connectivity index (χ1n) is 8.34. The highest BCUT2D eigenvalue weighted by Crippen LogP contribution is 2.35. The van der Waals surface area contributed by atoms with E-state index in [0.717, 1.165) is 25.6 Å². The van der Waals surface area contributed by atoms with Crippen LogP contribution in [0, 0.1) is 24.2 Å². The third-order valence-electron chi connectivity index (χ3n) is 5.25. The van der Waals surface area contributed by atoms with Gasteiger partial charge in [-0.25, -0.2) is 0 Å². The zero-order chi connectivity index (χ0) is 15.5. The molecule has 3 fully saturated rings. The van der Waals surface area contributed by atoms with Gasteiger partial charge in [-0.2, -0.15) is 0 Å². The van der Waals surface area contributed by atoms with E-state index in [1.54, 1.807) is 0 Å². The zero-order valence-corrected chi connectivity index (χ0v) is 13.8. The maximum Gasteiger partial charge on any atom is 0.0361 e. The van der Waals surface area contributed by atoms with Gasteiger partial charge in [0.1, 0.15) is 0 Å². The van der Waals surface area contributed by atoms with Gasteiger partial charge >= 0.3 is 0 Å². The van der Waals surface area contributed by atoms with Crippen molar-refractivity contribution in [2.75, 3.05) is 38.6 Å². The second-order valence-electron chi connectivity index (χ2n) is 6.90. The van der Waals surface area contributed by atoms with Gasteiger partial charge in [0.25, 0.3) is 0 Å². The molecule has 1 aromatic rings. The molecule has 4 rings (SSSR count). The highest BCUT2D eigenvalue weighted by Gasteiger charge is 2.38. The van der Waals surface area contributed by atoms with Gasteiger partial charge in [-0.15, -0.1) is 12.3 Å². The molecule has 3 aliphatic heterocycles. The lowest BCUT2D eigenvalue weighted by Crippen LogP contribution is -2.55. The Morgan fingerprint density at radius 3 is 2.68 bits per heavy atom. The Kier molecular flexibility index (Phi) is 4.71. The molecule has 118 valence electrons. The van der Waals surface area contributed by atoms with E-state index in [0.29, 0.717) is 12.0 Å². The summed E-state index contributed by atoms with van der Waals surface area (Å²) < 4.78 is 0. The summed E-state index contributed by atoms with van der Waals surface area (Å²) >= 11 is 0. The van der Waals surface area contributed by atoms with Gasteiger partial charge in [0.2, 0.25) is 0 Å². The second kappa shape index (κ2) is 6.73. The molecule has 0 amide bonds. The van der Waals surface area contributed by atoms with E-state index < -0.39 is 0 Å². The Morgan fingerprint density at radius 2 is 2.09 bits per heavy atom. The molecule has 1 unspecified atom stereocenters. The predicted octanol–water partition coefficient (Wildman–Crippen LogP) is 2.19. The first kappa shape index (κ1) is 15.4. The topological polar surface area (TPSA) is 18.5 Å². The van der Waals surface area contributed by atoms with Gasteiger partial charge < -0.3 is 10.2 Å². The third-order valence-corrected chi connectivity index (χ3v) is 5.25. The molecule has 0 radical (unpaired) electrons. The van der Waals surface area contributed by atoms with Crippen LogP contribution in [0.3, 0.4) is 0 Å². The Bertz CT molecular complexity index is 529. The van der Waals surface area contributed by atoms with Crippen LogP contribution >= 0.6 is 0 Å². The Labute approximate surface area is 134 Å². The Hall–Kier alpha value is -1.50. The Morgan fingerprint density at radius 1 is 1.32 bits per heavy atom. The molecule has 2 bridgehead atoms.